The molecule has 1 amide bonds. The maximum Gasteiger partial charge on any atom is 0.220 e. The Morgan fingerprint density at radius 1 is 1.56 bits per heavy atom. The minimum Gasteiger partial charge on any atom is -0.356 e. The zero-order valence-electron chi connectivity index (χ0n) is 9.22. The summed E-state index contributed by atoms with van der Waals surface area (Å²) in [6, 6.07) is 0. The molecule has 0 aliphatic carbocycles. The van der Waals surface area contributed by atoms with Crippen LogP contribution in [0.15, 0.2) is 12.4 Å². The second kappa shape index (κ2) is 5.60. The number of aryl methyl sites for hydroxylation is 1. The van der Waals surface area contributed by atoms with E-state index in [9.17, 15) is 4.79 Å². The van der Waals surface area contributed by atoms with Crippen LogP contribution in [-0.2, 0) is 11.3 Å². The van der Waals surface area contributed by atoms with Crippen LogP contribution < -0.4 is 10.6 Å². The number of aromatic nitrogens is 3. The number of nitrogens with one attached hydrogen (secondary N) is 2. The van der Waals surface area contributed by atoms with Crippen LogP contribution in [0.5, 0.6) is 0 Å². The van der Waals surface area contributed by atoms with Gasteiger partial charge in [-0.1, -0.05) is 5.21 Å². The van der Waals surface area contributed by atoms with Crippen LogP contribution >= 0.6 is 0 Å². The Kier molecular flexibility index (Phi) is 3.87. The lowest BCUT2D eigenvalue weighted by molar-refractivity contribution is -0.122. The molecule has 2 heterocycles. The summed E-state index contributed by atoms with van der Waals surface area (Å²) in [6.07, 6.45) is 5.01. The lowest BCUT2D eigenvalue weighted by Gasteiger charge is -2.26. The molecule has 0 unspecified atom stereocenters. The van der Waals surface area contributed by atoms with Crippen molar-refractivity contribution in [1.29, 1.82) is 0 Å². The molecule has 0 saturated carbocycles. The molecular formula is C10H17N5O. The summed E-state index contributed by atoms with van der Waals surface area (Å²) >= 11 is 0. The van der Waals surface area contributed by atoms with Gasteiger partial charge in [-0.2, -0.15) is 0 Å². The number of carbonyl (C=O) groups is 1. The van der Waals surface area contributed by atoms with Crippen LogP contribution in [0.2, 0.25) is 0 Å². The molecule has 0 spiro atoms. The van der Waals surface area contributed by atoms with Gasteiger partial charge >= 0.3 is 0 Å². The fourth-order valence-corrected chi connectivity index (χ4v) is 1.65. The molecule has 0 radical (unpaired) electrons. The van der Waals surface area contributed by atoms with Gasteiger partial charge < -0.3 is 10.6 Å². The van der Waals surface area contributed by atoms with E-state index in [0.29, 0.717) is 18.9 Å². The highest BCUT2D eigenvalue weighted by atomic mass is 16.1. The highest BCUT2D eigenvalue weighted by Gasteiger charge is 2.19. The van der Waals surface area contributed by atoms with Gasteiger partial charge in [-0.3, -0.25) is 9.48 Å². The van der Waals surface area contributed by atoms with E-state index in [1.165, 1.54) is 0 Å². The maximum absolute atomic E-state index is 11.4. The molecule has 2 N–H and O–H groups in total. The van der Waals surface area contributed by atoms with Gasteiger partial charge in [0.15, 0.2) is 0 Å². The van der Waals surface area contributed by atoms with Crippen molar-refractivity contribution in [3.63, 3.8) is 0 Å². The number of amides is 1. The Hall–Kier alpha value is -1.43. The van der Waals surface area contributed by atoms with E-state index in [2.05, 4.69) is 20.9 Å². The maximum atomic E-state index is 11.4. The van der Waals surface area contributed by atoms with Gasteiger partial charge in [-0.05, 0) is 25.4 Å². The van der Waals surface area contributed by atoms with Crippen molar-refractivity contribution in [3.8, 4) is 0 Å². The summed E-state index contributed by atoms with van der Waals surface area (Å²) in [4.78, 5) is 11.4. The molecule has 1 aliphatic heterocycles. The summed E-state index contributed by atoms with van der Waals surface area (Å²) in [5, 5.41) is 13.6. The molecule has 1 fully saturated rings. The SMILES string of the molecule is O=C(CC1CNC1)NCCCn1ccnn1. The van der Waals surface area contributed by atoms with E-state index in [-0.39, 0.29) is 5.91 Å². The van der Waals surface area contributed by atoms with Gasteiger partial charge in [0.25, 0.3) is 0 Å². The van der Waals surface area contributed by atoms with Crippen molar-refractivity contribution in [3.05, 3.63) is 12.4 Å². The smallest absolute Gasteiger partial charge is 0.220 e. The lowest BCUT2D eigenvalue weighted by Crippen LogP contribution is -2.44. The van der Waals surface area contributed by atoms with Gasteiger partial charge in [0, 0.05) is 25.7 Å². The number of rotatable bonds is 6. The Morgan fingerprint density at radius 3 is 3.06 bits per heavy atom. The van der Waals surface area contributed by atoms with Crippen LogP contribution in [0.4, 0.5) is 0 Å². The van der Waals surface area contributed by atoms with Crippen molar-refractivity contribution in [2.45, 2.75) is 19.4 Å². The van der Waals surface area contributed by atoms with Gasteiger partial charge in [0.05, 0.1) is 6.20 Å². The minimum absolute atomic E-state index is 0.157. The van der Waals surface area contributed by atoms with E-state index >= 15 is 0 Å². The average Bonchev–Trinajstić information content (AvgIpc) is 2.71. The van der Waals surface area contributed by atoms with E-state index in [1.807, 2.05) is 6.20 Å². The molecule has 0 aromatic carbocycles. The monoisotopic (exact) mass is 223 g/mol. The first kappa shape index (κ1) is 11.1. The number of hydrogen-bond acceptors (Lipinski definition) is 4. The second-order valence-corrected chi connectivity index (χ2v) is 4.10. The Balaban J connectivity index is 1.52. The molecule has 1 aromatic heterocycles. The van der Waals surface area contributed by atoms with Gasteiger partial charge in [0.2, 0.25) is 5.91 Å². The molecule has 16 heavy (non-hydrogen) atoms. The summed E-state index contributed by atoms with van der Waals surface area (Å²) in [5.74, 6) is 0.695. The molecule has 1 saturated heterocycles. The van der Waals surface area contributed by atoms with Crippen molar-refractivity contribution in [2.75, 3.05) is 19.6 Å². The molecule has 0 bridgehead atoms. The van der Waals surface area contributed by atoms with Gasteiger partial charge in [-0.15, -0.1) is 5.10 Å². The largest absolute Gasteiger partial charge is 0.356 e. The summed E-state index contributed by atoms with van der Waals surface area (Å²) < 4.78 is 1.77. The topological polar surface area (TPSA) is 71.8 Å². The van der Waals surface area contributed by atoms with E-state index in [0.717, 1.165) is 26.1 Å². The minimum atomic E-state index is 0.157. The van der Waals surface area contributed by atoms with E-state index in [1.54, 1.807) is 10.9 Å². The molecule has 1 aliphatic rings. The predicted molar refractivity (Wildman–Crippen MR) is 58.6 cm³/mol. The van der Waals surface area contributed by atoms with Gasteiger partial charge in [-0.25, -0.2) is 0 Å². The number of carbonyl (C=O) groups excluding carboxylic acids is 1. The average molecular weight is 223 g/mol. The first-order valence-electron chi connectivity index (χ1n) is 5.66. The standard InChI is InChI=1S/C10H17N5O/c16-10(6-9-7-11-8-9)12-2-1-4-15-5-3-13-14-15/h3,5,9,11H,1-2,4,6-8H2,(H,12,16). The Labute approximate surface area is 94.4 Å². The molecule has 88 valence electrons. The van der Waals surface area contributed by atoms with Crippen molar-refractivity contribution >= 4 is 5.91 Å². The number of nitrogens with zero attached hydrogens (tertiary/aromatic N) is 3. The third-order valence-electron chi connectivity index (χ3n) is 2.70. The third-order valence-corrected chi connectivity index (χ3v) is 2.70. The quantitative estimate of drug-likeness (QED) is 0.631. The normalized spacial score (nSPS) is 15.8. The Morgan fingerprint density at radius 2 is 2.44 bits per heavy atom. The molecule has 6 heteroatoms. The molecule has 6 nitrogen and oxygen atoms in total. The summed E-state index contributed by atoms with van der Waals surface area (Å²) in [5.41, 5.74) is 0. The zero-order chi connectivity index (χ0) is 11.2. The van der Waals surface area contributed by atoms with E-state index in [4.69, 9.17) is 0 Å². The van der Waals surface area contributed by atoms with Crippen molar-refractivity contribution < 1.29 is 4.79 Å². The fourth-order valence-electron chi connectivity index (χ4n) is 1.65. The van der Waals surface area contributed by atoms with Crippen LogP contribution in [-0.4, -0.2) is 40.5 Å². The molecule has 0 atom stereocenters. The van der Waals surface area contributed by atoms with Crippen molar-refractivity contribution in [1.82, 2.24) is 25.6 Å². The fraction of sp³-hybridized carbons (Fsp3) is 0.700. The van der Waals surface area contributed by atoms with Crippen LogP contribution in [0, 0.1) is 5.92 Å². The van der Waals surface area contributed by atoms with Gasteiger partial charge in [0.1, 0.15) is 0 Å². The molecular weight excluding hydrogens is 206 g/mol. The highest BCUT2D eigenvalue weighted by Crippen LogP contribution is 2.07. The summed E-state index contributed by atoms with van der Waals surface area (Å²) in [7, 11) is 0. The highest BCUT2D eigenvalue weighted by molar-refractivity contribution is 5.76. The third kappa shape index (κ3) is 3.30. The molecule has 2 rings (SSSR count). The number of hydrogen-bond donors (Lipinski definition) is 2. The van der Waals surface area contributed by atoms with E-state index < -0.39 is 0 Å². The van der Waals surface area contributed by atoms with Crippen LogP contribution in [0.25, 0.3) is 0 Å². The second-order valence-electron chi connectivity index (χ2n) is 4.10. The van der Waals surface area contributed by atoms with Crippen molar-refractivity contribution in [2.24, 2.45) is 5.92 Å². The Bertz CT molecular complexity index is 320. The molecule has 1 aromatic rings. The van der Waals surface area contributed by atoms with Crippen LogP contribution in [0.1, 0.15) is 12.8 Å². The lowest BCUT2D eigenvalue weighted by atomic mass is 9.99. The summed E-state index contributed by atoms with van der Waals surface area (Å²) in [6.45, 7) is 3.46. The zero-order valence-corrected chi connectivity index (χ0v) is 9.22. The first-order valence-corrected chi connectivity index (χ1v) is 5.66. The predicted octanol–water partition coefficient (Wildman–Crippen LogP) is -0.606. The van der Waals surface area contributed by atoms with Crippen LogP contribution in [0.3, 0.4) is 0 Å². The first-order chi connectivity index (χ1) is 7.84.